The average molecular weight is 505 g/mol. The van der Waals surface area contributed by atoms with Crippen LogP contribution in [0.4, 0.5) is 0 Å². The normalized spacial score (nSPS) is 19.4. The van der Waals surface area contributed by atoms with Gasteiger partial charge in [0, 0.05) is 43.8 Å². The van der Waals surface area contributed by atoms with Crippen LogP contribution in [0.15, 0.2) is 41.0 Å². The molecule has 0 radical (unpaired) electrons. The second-order valence-corrected chi connectivity index (χ2v) is 12.0. The first kappa shape index (κ1) is 27.3. The fraction of sp³-hybridized carbons (Fsp3) is 0.567. The molecule has 37 heavy (non-hydrogen) atoms. The first-order valence-corrected chi connectivity index (χ1v) is 13.8. The number of carbonyl (C=O) groups excluding carboxylic acids is 1. The van der Waals surface area contributed by atoms with Crippen molar-refractivity contribution < 1.29 is 4.79 Å². The molecule has 2 aliphatic heterocycles. The number of allylic oxidation sites excluding steroid dienone is 1. The molecule has 7 nitrogen and oxygen atoms in total. The van der Waals surface area contributed by atoms with Gasteiger partial charge in [-0.1, -0.05) is 39.3 Å². The van der Waals surface area contributed by atoms with Crippen molar-refractivity contribution in [2.75, 3.05) is 39.3 Å². The minimum absolute atomic E-state index is 0.0964. The van der Waals surface area contributed by atoms with E-state index in [1.54, 1.807) is 0 Å². The number of fused-ring (bicyclic) bond motifs is 1. The van der Waals surface area contributed by atoms with Gasteiger partial charge in [-0.2, -0.15) is 5.10 Å². The number of likely N-dealkylation sites (tertiary alicyclic amines) is 2. The molecule has 1 amide bonds. The average Bonchev–Trinajstić information content (AvgIpc) is 3.28. The number of aromatic nitrogens is 2. The second kappa shape index (κ2) is 12.2. The molecular weight excluding hydrogens is 460 g/mol. The van der Waals surface area contributed by atoms with Crippen molar-refractivity contribution in [1.29, 1.82) is 0 Å². The van der Waals surface area contributed by atoms with Crippen LogP contribution < -0.4 is 5.32 Å². The number of aliphatic imine (C=N–C) groups is 1. The van der Waals surface area contributed by atoms with Crippen LogP contribution in [0.5, 0.6) is 0 Å². The smallest absolute Gasteiger partial charge is 0.272 e. The SMILES string of the molecule is C=N/C=C(\C=C(/C)c1ccc2[nH]nc(C(=O)NC3CCN(CC(C)(C)C)CC3)c2c1)CN1CCCCC1. The third-order valence-corrected chi connectivity index (χ3v) is 7.37. The number of nitrogens with one attached hydrogen (secondary N) is 2. The van der Waals surface area contributed by atoms with Gasteiger partial charge in [0.2, 0.25) is 0 Å². The zero-order valence-electron chi connectivity index (χ0n) is 23.1. The molecule has 1 aromatic carbocycles. The third-order valence-electron chi connectivity index (χ3n) is 7.37. The van der Waals surface area contributed by atoms with Crippen LogP contribution in [0, 0.1) is 5.41 Å². The number of amides is 1. The Morgan fingerprint density at radius 3 is 2.57 bits per heavy atom. The molecule has 4 rings (SSSR count). The monoisotopic (exact) mass is 504 g/mol. The number of benzene rings is 1. The summed E-state index contributed by atoms with van der Waals surface area (Å²) in [6, 6.07) is 6.36. The summed E-state index contributed by atoms with van der Waals surface area (Å²) >= 11 is 0. The first-order chi connectivity index (χ1) is 17.7. The molecule has 0 atom stereocenters. The van der Waals surface area contributed by atoms with E-state index in [-0.39, 0.29) is 11.9 Å². The molecule has 2 aliphatic rings. The number of rotatable bonds is 8. The number of hydrogen-bond donors (Lipinski definition) is 2. The van der Waals surface area contributed by atoms with Gasteiger partial charge in [-0.05, 0) is 86.7 Å². The summed E-state index contributed by atoms with van der Waals surface area (Å²) in [6.07, 6.45) is 9.84. The molecule has 0 saturated carbocycles. The molecule has 0 spiro atoms. The Balaban J connectivity index is 1.44. The van der Waals surface area contributed by atoms with Crippen molar-refractivity contribution in [2.24, 2.45) is 10.4 Å². The number of H-pyrrole nitrogens is 1. The fourth-order valence-corrected chi connectivity index (χ4v) is 5.57. The zero-order valence-corrected chi connectivity index (χ0v) is 23.1. The Hall–Kier alpha value is -2.77. The Morgan fingerprint density at radius 1 is 1.16 bits per heavy atom. The van der Waals surface area contributed by atoms with Crippen molar-refractivity contribution in [3.63, 3.8) is 0 Å². The van der Waals surface area contributed by atoms with Gasteiger partial charge in [-0.25, -0.2) is 0 Å². The van der Waals surface area contributed by atoms with Gasteiger partial charge in [0.15, 0.2) is 5.69 Å². The molecule has 7 heteroatoms. The van der Waals surface area contributed by atoms with E-state index in [2.05, 4.69) is 82.9 Å². The Morgan fingerprint density at radius 2 is 1.89 bits per heavy atom. The predicted molar refractivity (Wildman–Crippen MR) is 154 cm³/mol. The van der Waals surface area contributed by atoms with Gasteiger partial charge in [0.25, 0.3) is 5.91 Å². The molecule has 2 N–H and O–H groups in total. The summed E-state index contributed by atoms with van der Waals surface area (Å²) in [5.41, 5.74) is 5.00. The summed E-state index contributed by atoms with van der Waals surface area (Å²) in [7, 11) is 0. The van der Waals surface area contributed by atoms with E-state index in [9.17, 15) is 4.79 Å². The maximum Gasteiger partial charge on any atom is 0.272 e. The van der Waals surface area contributed by atoms with E-state index < -0.39 is 0 Å². The molecule has 2 fully saturated rings. The molecule has 3 heterocycles. The second-order valence-electron chi connectivity index (χ2n) is 12.0. The summed E-state index contributed by atoms with van der Waals surface area (Å²) in [5, 5.41) is 11.5. The third kappa shape index (κ3) is 7.62. The maximum absolute atomic E-state index is 13.2. The van der Waals surface area contributed by atoms with E-state index in [4.69, 9.17) is 0 Å². The molecule has 0 unspecified atom stereocenters. The number of hydrogen-bond acceptors (Lipinski definition) is 5. The Bertz CT molecular complexity index is 1140. The fourth-order valence-electron chi connectivity index (χ4n) is 5.57. The molecule has 0 aliphatic carbocycles. The molecule has 1 aromatic heterocycles. The van der Waals surface area contributed by atoms with Crippen LogP contribution in [-0.4, -0.2) is 77.9 Å². The zero-order chi connectivity index (χ0) is 26.4. The molecule has 0 bridgehead atoms. The minimum Gasteiger partial charge on any atom is -0.348 e. The van der Waals surface area contributed by atoms with Gasteiger partial charge >= 0.3 is 0 Å². The number of nitrogens with zero attached hydrogens (tertiary/aromatic N) is 4. The summed E-state index contributed by atoms with van der Waals surface area (Å²) in [4.78, 5) is 22.2. The number of aromatic amines is 1. The molecule has 2 saturated heterocycles. The van der Waals surface area contributed by atoms with Gasteiger partial charge in [0.05, 0.1) is 5.52 Å². The van der Waals surface area contributed by atoms with Crippen LogP contribution in [0.2, 0.25) is 0 Å². The highest BCUT2D eigenvalue weighted by Crippen LogP contribution is 2.25. The lowest BCUT2D eigenvalue weighted by atomic mass is 9.94. The standard InChI is InChI=1S/C30H44N6O/c1-22(17-23(19-31-5)20-35-13-7-6-8-14-35)24-9-10-27-26(18-24)28(34-33-27)29(37)32-25-11-15-36(16-12-25)21-30(2,3)4/h9-10,17-19,25H,5-8,11-16,20-21H2,1-4H3,(H,32,37)(H,33,34)/b22-17+,23-19+. The van der Waals surface area contributed by atoms with Gasteiger partial charge < -0.3 is 10.2 Å². The first-order valence-electron chi connectivity index (χ1n) is 13.8. The number of carbonyl (C=O) groups is 1. The lowest BCUT2D eigenvalue weighted by molar-refractivity contribution is 0.0892. The minimum atomic E-state index is -0.0964. The highest BCUT2D eigenvalue weighted by atomic mass is 16.2. The summed E-state index contributed by atoms with van der Waals surface area (Å²) in [6.45, 7) is 18.9. The molecule has 200 valence electrons. The highest BCUT2D eigenvalue weighted by Gasteiger charge is 2.25. The van der Waals surface area contributed by atoms with Crippen molar-refractivity contribution in [3.8, 4) is 0 Å². The summed E-state index contributed by atoms with van der Waals surface area (Å²) < 4.78 is 0. The molecular formula is C30H44N6O. The lowest BCUT2D eigenvalue weighted by Crippen LogP contribution is -2.46. The van der Waals surface area contributed by atoms with Crippen molar-refractivity contribution in [3.05, 3.63) is 47.3 Å². The van der Waals surface area contributed by atoms with E-state index >= 15 is 0 Å². The van der Waals surface area contributed by atoms with Crippen molar-refractivity contribution >= 4 is 29.1 Å². The molecule has 2 aromatic rings. The quantitative estimate of drug-likeness (QED) is 0.379. The predicted octanol–water partition coefficient (Wildman–Crippen LogP) is 5.28. The van der Waals surface area contributed by atoms with Gasteiger partial charge in [-0.3, -0.25) is 19.8 Å². The Labute approximate surface area is 222 Å². The van der Waals surface area contributed by atoms with Gasteiger partial charge in [-0.15, -0.1) is 0 Å². The van der Waals surface area contributed by atoms with Crippen LogP contribution >= 0.6 is 0 Å². The van der Waals surface area contributed by atoms with E-state index in [0.717, 1.165) is 79.7 Å². The van der Waals surface area contributed by atoms with E-state index in [1.807, 2.05) is 12.3 Å². The maximum atomic E-state index is 13.2. The van der Waals surface area contributed by atoms with Crippen molar-refractivity contribution in [1.82, 2.24) is 25.3 Å². The van der Waals surface area contributed by atoms with Crippen LogP contribution in [0.25, 0.3) is 16.5 Å². The van der Waals surface area contributed by atoms with Gasteiger partial charge in [0.1, 0.15) is 0 Å². The van der Waals surface area contributed by atoms with Crippen molar-refractivity contribution in [2.45, 2.75) is 65.8 Å². The van der Waals surface area contributed by atoms with Crippen LogP contribution in [0.1, 0.15) is 75.9 Å². The lowest BCUT2D eigenvalue weighted by Gasteiger charge is -2.36. The largest absolute Gasteiger partial charge is 0.348 e. The van der Waals surface area contributed by atoms with E-state index in [1.165, 1.54) is 19.3 Å². The number of piperidine rings is 2. The van der Waals surface area contributed by atoms with Crippen LogP contribution in [0.3, 0.4) is 0 Å². The van der Waals surface area contributed by atoms with Crippen LogP contribution in [-0.2, 0) is 0 Å². The highest BCUT2D eigenvalue weighted by molar-refractivity contribution is 6.05. The van der Waals surface area contributed by atoms with E-state index in [0.29, 0.717) is 11.1 Å². The topological polar surface area (TPSA) is 76.6 Å². The summed E-state index contributed by atoms with van der Waals surface area (Å²) in [5.74, 6) is -0.0964. The Kier molecular flexibility index (Phi) is 8.98.